The molecule has 1 aliphatic heterocycles. The number of benzene rings is 1. The van der Waals surface area contributed by atoms with Crippen LogP contribution >= 0.6 is 0 Å². The molecule has 0 spiro atoms. The predicted octanol–water partition coefficient (Wildman–Crippen LogP) is 1.91. The topological polar surface area (TPSA) is 80.7 Å². The van der Waals surface area contributed by atoms with E-state index in [4.69, 9.17) is 9.84 Å². The fourth-order valence-corrected chi connectivity index (χ4v) is 2.65. The number of ether oxygens (including phenoxy) is 1. The Hall–Kier alpha value is -2.17. The molecule has 1 aromatic rings. The Kier molecular flexibility index (Phi) is 4.50. The summed E-state index contributed by atoms with van der Waals surface area (Å²) in [6, 6.07) is 8.30. The number of aldehydes is 1. The fraction of sp³-hybridized carbons (Fsp3) is 0.400. The third-order valence-corrected chi connectivity index (χ3v) is 3.69. The minimum Gasteiger partial charge on any atom is -0.478 e. The summed E-state index contributed by atoms with van der Waals surface area (Å²) < 4.78 is 5.02. The number of esters is 1. The van der Waals surface area contributed by atoms with Gasteiger partial charge in [0.05, 0.1) is 12.0 Å². The van der Waals surface area contributed by atoms with E-state index in [9.17, 15) is 14.4 Å². The monoisotopic (exact) mass is 276 g/mol. The Balaban J connectivity index is 0.000000151. The summed E-state index contributed by atoms with van der Waals surface area (Å²) in [6.07, 6.45) is 3.24. The maximum atomic E-state index is 10.8. The molecular formula is C15H16O5. The van der Waals surface area contributed by atoms with Gasteiger partial charge in [-0.3, -0.25) is 4.79 Å². The molecule has 3 rings (SSSR count). The van der Waals surface area contributed by atoms with E-state index in [0.717, 1.165) is 19.1 Å². The third-order valence-electron chi connectivity index (χ3n) is 3.69. The van der Waals surface area contributed by atoms with Crippen molar-refractivity contribution in [3.05, 3.63) is 35.9 Å². The summed E-state index contributed by atoms with van der Waals surface area (Å²) in [6.45, 7) is 0. The van der Waals surface area contributed by atoms with Crippen molar-refractivity contribution in [2.75, 3.05) is 0 Å². The van der Waals surface area contributed by atoms with Crippen LogP contribution in [0.15, 0.2) is 30.3 Å². The highest BCUT2D eigenvalue weighted by Gasteiger charge is 2.44. The zero-order valence-corrected chi connectivity index (χ0v) is 10.9. The Labute approximate surface area is 116 Å². The third kappa shape index (κ3) is 3.23. The molecule has 3 atom stereocenters. The van der Waals surface area contributed by atoms with Crippen molar-refractivity contribution in [1.29, 1.82) is 0 Å². The van der Waals surface area contributed by atoms with Crippen LogP contribution in [-0.4, -0.2) is 29.4 Å². The molecule has 1 saturated heterocycles. The number of rotatable bonds is 2. The summed E-state index contributed by atoms with van der Waals surface area (Å²) in [7, 11) is 0. The van der Waals surface area contributed by atoms with Crippen LogP contribution in [0.3, 0.4) is 0 Å². The van der Waals surface area contributed by atoms with Crippen molar-refractivity contribution < 1.29 is 24.2 Å². The van der Waals surface area contributed by atoms with E-state index >= 15 is 0 Å². The van der Waals surface area contributed by atoms with E-state index in [2.05, 4.69) is 0 Å². The summed E-state index contributed by atoms with van der Waals surface area (Å²) in [4.78, 5) is 31.5. The highest BCUT2D eigenvalue weighted by molar-refractivity contribution is 5.87. The Bertz CT molecular complexity index is 496. The van der Waals surface area contributed by atoms with Gasteiger partial charge in [0.15, 0.2) is 0 Å². The van der Waals surface area contributed by atoms with E-state index in [-0.39, 0.29) is 23.9 Å². The van der Waals surface area contributed by atoms with Crippen molar-refractivity contribution in [1.82, 2.24) is 0 Å². The second-order valence-electron chi connectivity index (χ2n) is 4.94. The lowest BCUT2D eigenvalue weighted by Crippen LogP contribution is -2.14. The minimum absolute atomic E-state index is 0.0534. The van der Waals surface area contributed by atoms with Crippen LogP contribution in [0.4, 0.5) is 0 Å². The van der Waals surface area contributed by atoms with Gasteiger partial charge in [-0.25, -0.2) is 4.79 Å². The quantitative estimate of drug-likeness (QED) is 0.659. The number of hydrogen-bond acceptors (Lipinski definition) is 4. The van der Waals surface area contributed by atoms with Crippen molar-refractivity contribution in [3.63, 3.8) is 0 Å². The van der Waals surface area contributed by atoms with Gasteiger partial charge in [-0.1, -0.05) is 18.2 Å². The maximum Gasteiger partial charge on any atom is 0.335 e. The average Bonchev–Trinajstić information content (AvgIpc) is 2.99. The molecule has 0 unspecified atom stereocenters. The number of carboxylic acid groups (broad SMARTS) is 1. The van der Waals surface area contributed by atoms with Gasteiger partial charge in [0.1, 0.15) is 12.4 Å². The van der Waals surface area contributed by atoms with Crippen molar-refractivity contribution in [2.24, 2.45) is 11.8 Å². The van der Waals surface area contributed by atoms with Gasteiger partial charge < -0.3 is 14.6 Å². The number of carbonyl (C=O) groups is 3. The standard InChI is InChI=1S/C8H10O3.C7H6O2/c9-4-5-1-2-7-6(5)3-8(10)11-7;8-7(9)6-4-2-1-3-5-6/h4-7H,1-3H2;1-5H,(H,8,9)/t5-,6-,7+;/m1./s1. The second-order valence-corrected chi connectivity index (χ2v) is 4.94. The van der Waals surface area contributed by atoms with Gasteiger partial charge in [0, 0.05) is 11.8 Å². The number of aromatic carboxylic acids is 1. The molecule has 1 aliphatic carbocycles. The zero-order chi connectivity index (χ0) is 14.5. The fourth-order valence-electron chi connectivity index (χ4n) is 2.65. The normalized spacial score (nSPS) is 27.0. The predicted molar refractivity (Wildman–Crippen MR) is 70.2 cm³/mol. The van der Waals surface area contributed by atoms with E-state index in [1.807, 2.05) is 0 Å². The molecule has 0 amide bonds. The van der Waals surface area contributed by atoms with E-state index in [1.54, 1.807) is 30.3 Å². The SMILES string of the molecule is O=C(O)c1ccccc1.O=C[C@H]1CC[C@@H]2OC(=O)C[C@@H]21. The first kappa shape index (κ1) is 14.2. The molecule has 0 aromatic heterocycles. The molecule has 0 radical (unpaired) electrons. The first-order valence-corrected chi connectivity index (χ1v) is 6.55. The highest BCUT2D eigenvalue weighted by Crippen LogP contribution is 2.39. The molecule has 1 heterocycles. The first-order valence-electron chi connectivity index (χ1n) is 6.55. The molecule has 5 heteroatoms. The van der Waals surface area contributed by atoms with Crippen LogP contribution in [0.1, 0.15) is 29.6 Å². The van der Waals surface area contributed by atoms with Crippen LogP contribution in [0.5, 0.6) is 0 Å². The largest absolute Gasteiger partial charge is 0.478 e. The maximum absolute atomic E-state index is 10.8. The smallest absolute Gasteiger partial charge is 0.335 e. The lowest BCUT2D eigenvalue weighted by atomic mass is 9.95. The summed E-state index contributed by atoms with van der Waals surface area (Å²) >= 11 is 0. The van der Waals surface area contributed by atoms with Crippen LogP contribution in [0.2, 0.25) is 0 Å². The molecule has 20 heavy (non-hydrogen) atoms. The van der Waals surface area contributed by atoms with Crippen molar-refractivity contribution >= 4 is 18.2 Å². The summed E-state index contributed by atoms with van der Waals surface area (Å²) in [5.74, 6) is -0.742. The van der Waals surface area contributed by atoms with Gasteiger partial charge >= 0.3 is 11.9 Å². The van der Waals surface area contributed by atoms with Crippen LogP contribution in [-0.2, 0) is 14.3 Å². The number of carbonyl (C=O) groups excluding carboxylic acids is 2. The molecule has 0 bridgehead atoms. The van der Waals surface area contributed by atoms with Gasteiger partial charge in [-0.2, -0.15) is 0 Å². The van der Waals surface area contributed by atoms with Crippen LogP contribution < -0.4 is 0 Å². The molecule has 1 aromatic carbocycles. The van der Waals surface area contributed by atoms with E-state index < -0.39 is 5.97 Å². The minimum atomic E-state index is -0.879. The molecule has 106 valence electrons. The first-order chi connectivity index (χ1) is 9.61. The molecule has 2 aliphatic rings. The van der Waals surface area contributed by atoms with Crippen molar-refractivity contribution in [2.45, 2.75) is 25.4 Å². The zero-order valence-electron chi connectivity index (χ0n) is 10.9. The second kappa shape index (κ2) is 6.32. The summed E-state index contributed by atoms with van der Waals surface area (Å²) in [5, 5.41) is 8.38. The van der Waals surface area contributed by atoms with Crippen molar-refractivity contribution in [3.8, 4) is 0 Å². The Morgan fingerprint density at radius 3 is 2.50 bits per heavy atom. The molecule has 5 nitrogen and oxygen atoms in total. The molecule has 2 fully saturated rings. The molecular weight excluding hydrogens is 260 g/mol. The van der Waals surface area contributed by atoms with Gasteiger partial charge in [-0.05, 0) is 25.0 Å². The van der Waals surface area contributed by atoms with E-state index in [1.165, 1.54) is 0 Å². The van der Waals surface area contributed by atoms with Crippen LogP contribution in [0.25, 0.3) is 0 Å². The van der Waals surface area contributed by atoms with Crippen LogP contribution in [0, 0.1) is 11.8 Å². The molecule has 1 saturated carbocycles. The number of fused-ring (bicyclic) bond motifs is 1. The van der Waals surface area contributed by atoms with Gasteiger partial charge in [0.2, 0.25) is 0 Å². The molecule has 1 N–H and O–H groups in total. The lowest BCUT2D eigenvalue weighted by Gasteiger charge is -2.07. The Morgan fingerprint density at radius 2 is 1.95 bits per heavy atom. The van der Waals surface area contributed by atoms with Gasteiger partial charge in [0.25, 0.3) is 0 Å². The number of hydrogen-bond donors (Lipinski definition) is 1. The Morgan fingerprint density at radius 1 is 1.25 bits per heavy atom. The van der Waals surface area contributed by atoms with E-state index in [0.29, 0.717) is 12.0 Å². The highest BCUT2D eigenvalue weighted by atomic mass is 16.6. The number of carboxylic acids is 1. The van der Waals surface area contributed by atoms with Gasteiger partial charge in [-0.15, -0.1) is 0 Å². The average molecular weight is 276 g/mol. The lowest BCUT2D eigenvalue weighted by molar-refractivity contribution is -0.141. The summed E-state index contributed by atoms with van der Waals surface area (Å²) in [5.41, 5.74) is 0.331.